The van der Waals surface area contributed by atoms with E-state index in [0.29, 0.717) is 12.1 Å². The van der Waals surface area contributed by atoms with Gasteiger partial charge in [0.1, 0.15) is 23.5 Å². The number of amides is 6. The number of nitrogens with one attached hydrogen (secondary N) is 2. The lowest BCUT2D eigenvalue weighted by Gasteiger charge is -2.44. The topological polar surface area (TPSA) is 156 Å². The van der Waals surface area contributed by atoms with E-state index < -0.39 is 63.9 Å². The fraction of sp³-hybridized carbons (Fsp3) is 0.478. The molecule has 3 aliphatic heterocycles. The van der Waals surface area contributed by atoms with Gasteiger partial charge in [-0.15, -0.1) is 11.8 Å². The highest BCUT2D eigenvalue weighted by Crippen LogP contribution is 2.50. The number of benzene rings is 1. The molecule has 0 radical (unpaired) electrons. The fourth-order valence-corrected chi connectivity index (χ4v) is 6.32. The SMILES string of the molecule is CCN1CCN(C(=O)N[C@@H](C(=O)N[C@@H]2C(=O)N3[C@@H](C(=O)O)C(C)(C)S[C@@H]23)c2ccccc2)C(=O)C1=O. The first-order valence-corrected chi connectivity index (χ1v) is 12.3. The smallest absolute Gasteiger partial charge is 0.327 e. The maximum Gasteiger partial charge on any atom is 0.327 e. The van der Waals surface area contributed by atoms with E-state index in [2.05, 4.69) is 10.6 Å². The Morgan fingerprint density at radius 2 is 1.78 bits per heavy atom. The van der Waals surface area contributed by atoms with Crippen LogP contribution in [0.5, 0.6) is 0 Å². The Morgan fingerprint density at radius 1 is 1.11 bits per heavy atom. The zero-order valence-electron chi connectivity index (χ0n) is 20.0. The third kappa shape index (κ3) is 4.27. The van der Waals surface area contributed by atoms with Crippen molar-refractivity contribution in [3.8, 4) is 0 Å². The zero-order chi connectivity index (χ0) is 26.4. The van der Waals surface area contributed by atoms with Gasteiger partial charge in [0.2, 0.25) is 11.8 Å². The van der Waals surface area contributed by atoms with Crippen molar-refractivity contribution in [3.05, 3.63) is 35.9 Å². The summed E-state index contributed by atoms with van der Waals surface area (Å²) in [5.74, 6) is -4.12. The Balaban J connectivity index is 1.51. The minimum Gasteiger partial charge on any atom is -0.480 e. The highest BCUT2D eigenvalue weighted by atomic mass is 32.2. The van der Waals surface area contributed by atoms with Crippen LogP contribution in [0.15, 0.2) is 30.3 Å². The molecule has 0 unspecified atom stereocenters. The number of thioether (sulfide) groups is 1. The molecular weight excluding hydrogens is 490 g/mol. The van der Waals surface area contributed by atoms with Crippen LogP contribution in [0, 0.1) is 0 Å². The van der Waals surface area contributed by atoms with Crippen LogP contribution in [0.1, 0.15) is 32.4 Å². The summed E-state index contributed by atoms with van der Waals surface area (Å²) in [6.07, 6.45) is 0. The number of hydrogen-bond donors (Lipinski definition) is 3. The van der Waals surface area contributed by atoms with Gasteiger partial charge in [-0.2, -0.15) is 0 Å². The number of carbonyl (C=O) groups excluding carboxylic acids is 5. The second-order valence-corrected chi connectivity index (χ2v) is 11.0. The molecule has 3 fully saturated rings. The summed E-state index contributed by atoms with van der Waals surface area (Å²) in [6, 6.07) is 4.11. The predicted molar refractivity (Wildman–Crippen MR) is 127 cm³/mol. The highest BCUT2D eigenvalue weighted by Gasteiger charge is 2.64. The molecule has 0 bridgehead atoms. The number of aliphatic carboxylic acids is 1. The molecule has 0 saturated carbocycles. The summed E-state index contributed by atoms with van der Waals surface area (Å²) in [6.45, 7) is 5.67. The third-order valence-electron chi connectivity index (χ3n) is 6.57. The maximum absolute atomic E-state index is 13.3. The molecule has 3 N–H and O–H groups in total. The molecule has 6 amide bonds. The minimum absolute atomic E-state index is 0.0200. The number of β-lactam (4-membered cyclic amide) rings is 1. The number of urea groups is 1. The Kier molecular flexibility index (Phi) is 6.69. The fourth-order valence-electron chi connectivity index (χ4n) is 4.70. The molecule has 0 aromatic heterocycles. The number of hydrogen-bond acceptors (Lipinski definition) is 7. The average Bonchev–Trinajstić information content (AvgIpc) is 3.10. The van der Waals surface area contributed by atoms with E-state index in [9.17, 15) is 33.9 Å². The molecule has 3 saturated heterocycles. The van der Waals surface area contributed by atoms with Gasteiger partial charge in [-0.05, 0) is 26.3 Å². The molecule has 3 heterocycles. The summed E-state index contributed by atoms with van der Waals surface area (Å²) >= 11 is 1.28. The molecule has 0 aliphatic carbocycles. The second kappa shape index (κ2) is 9.45. The molecule has 192 valence electrons. The van der Waals surface area contributed by atoms with Crippen molar-refractivity contribution >= 4 is 47.4 Å². The third-order valence-corrected chi connectivity index (χ3v) is 8.14. The number of fused-ring (bicyclic) bond motifs is 1. The van der Waals surface area contributed by atoms with Gasteiger partial charge in [0, 0.05) is 24.4 Å². The zero-order valence-corrected chi connectivity index (χ0v) is 20.8. The Bertz CT molecular complexity index is 1130. The molecule has 1 aromatic carbocycles. The molecule has 13 heteroatoms. The molecule has 4 rings (SSSR count). The van der Waals surface area contributed by atoms with Crippen LogP contribution in [0.25, 0.3) is 0 Å². The lowest BCUT2D eigenvalue weighted by atomic mass is 9.95. The van der Waals surface area contributed by atoms with Crippen LogP contribution in [0.2, 0.25) is 0 Å². The number of carboxylic acids is 1. The van der Waals surface area contributed by atoms with Crippen LogP contribution < -0.4 is 10.6 Å². The van der Waals surface area contributed by atoms with Gasteiger partial charge >= 0.3 is 23.8 Å². The Labute approximate surface area is 211 Å². The van der Waals surface area contributed by atoms with E-state index >= 15 is 0 Å². The molecule has 0 spiro atoms. The summed E-state index contributed by atoms with van der Waals surface area (Å²) in [5.41, 5.74) is 0.403. The van der Waals surface area contributed by atoms with E-state index in [4.69, 9.17) is 0 Å². The summed E-state index contributed by atoms with van der Waals surface area (Å²) in [4.78, 5) is 78.8. The van der Waals surface area contributed by atoms with Crippen molar-refractivity contribution in [2.75, 3.05) is 19.6 Å². The van der Waals surface area contributed by atoms with E-state index in [1.54, 1.807) is 51.1 Å². The predicted octanol–water partition coefficient (Wildman–Crippen LogP) is -0.240. The van der Waals surface area contributed by atoms with Crippen LogP contribution in [0.4, 0.5) is 4.79 Å². The minimum atomic E-state index is -1.26. The Morgan fingerprint density at radius 3 is 2.39 bits per heavy atom. The quantitative estimate of drug-likeness (QED) is 0.345. The van der Waals surface area contributed by atoms with Gasteiger partial charge in [0.15, 0.2) is 0 Å². The van der Waals surface area contributed by atoms with Gasteiger partial charge in [-0.3, -0.25) is 24.1 Å². The summed E-state index contributed by atoms with van der Waals surface area (Å²) < 4.78 is -0.758. The number of carboxylic acid groups (broad SMARTS) is 1. The normalized spacial score (nSPS) is 25.7. The number of rotatable bonds is 6. The van der Waals surface area contributed by atoms with Gasteiger partial charge < -0.3 is 25.5 Å². The van der Waals surface area contributed by atoms with E-state index in [1.165, 1.54) is 21.6 Å². The van der Waals surface area contributed by atoms with Crippen molar-refractivity contribution in [2.24, 2.45) is 0 Å². The molecule has 12 nitrogen and oxygen atoms in total. The first-order valence-electron chi connectivity index (χ1n) is 11.5. The van der Waals surface area contributed by atoms with E-state index in [0.717, 1.165) is 4.90 Å². The van der Waals surface area contributed by atoms with E-state index in [-0.39, 0.29) is 13.1 Å². The first-order chi connectivity index (χ1) is 17.0. The standard InChI is InChI=1S/C23H27N5O7S/c1-4-26-10-11-27(19(32)18(26)31)22(35)25-13(12-8-6-5-7-9-12)16(29)24-14-17(30)28-15(21(33)34)23(2,3)36-20(14)28/h5-9,13-15,20H,4,10-11H2,1-3H3,(H,24,29)(H,25,35)(H,33,34)/t13-,14-,15+,20+/m1/s1. The molecule has 1 aromatic rings. The molecule has 36 heavy (non-hydrogen) atoms. The van der Waals surface area contributed by atoms with Gasteiger partial charge in [0.05, 0.1) is 0 Å². The van der Waals surface area contributed by atoms with Gasteiger partial charge in [-0.25, -0.2) is 9.59 Å². The first kappa shape index (κ1) is 25.5. The summed E-state index contributed by atoms with van der Waals surface area (Å²) in [5, 5.41) is 14.2. The van der Waals surface area contributed by atoms with Crippen molar-refractivity contribution in [3.63, 3.8) is 0 Å². The number of piperazine rings is 1. The molecule has 3 aliphatic rings. The van der Waals surface area contributed by atoms with Crippen molar-refractivity contribution in [2.45, 2.75) is 49.0 Å². The van der Waals surface area contributed by atoms with Crippen LogP contribution in [-0.4, -0.2) is 97.3 Å². The Hall–Kier alpha value is -3.61. The van der Waals surface area contributed by atoms with Crippen molar-refractivity contribution < 1.29 is 33.9 Å². The molecule has 4 atom stereocenters. The van der Waals surface area contributed by atoms with Gasteiger partial charge in [0.25, 0.3) is 0 Å². The summed E-state index contributed by atoms with van der Waals surface area (Å²) in [7, 11) is 0. The van der Waals surface area contributed by atoms with E-state index in [1.807, 2.05) is 0 Å². The van der Waals surface area contributed by atoms with Gasteiger partial charge in [-0.1, -0.05) is 30.3 Å². The highest BCUT2D eigenvalue weighted by molar-refractivity contribution is 8.01. The lowest BCUT2D eigenvalue weighted by molar-refractivity contribution is -0.161. The number of likely N-dealkylation sites (N-methyl/N-ethyl adjacent to an activating group) is 1. The van der Waals surface area contributed by atoms with Crippen LogP contribution in [0.3, 0.4) is 0 Å². The monoisotopic (exact) mass is 517 g/mol. The number of nitrogens with zero attached hydrogens (tertiary/aromatic N) is 3. The average molecular weight is 518 g/mol. The van der Waals surface area contributed by atoms with Crippen molar-refractivity contribution in [1.82, 2.24) is 25.3 Å². The van der Waals surface area contributed by atoms with Crippen molar-refractivity contribution in [1.29, 1.82) is 0 Å². The maximum atomic E-state index is 13.3. The largest absolute Gasteiger partial charge is 0.480 e. The van der Waals surface area contributed by atoms with Crippen LogP contribution >= 0.6 is 11.8 Å². The second-order valence-electron chi connectivity index (χ2n) is 9.22. The van der Waals surface area contributed by atoms with Crippen LogP contribution in [-0.2, 0) is 24.0 Å². The number of imide groups is 1. The number of carbonyl (C=O) groups is 6. The molecular formula is C23H27N5O7S. The lowest BCUT2D eigenvalue weighted by Crippen LogP contribution is -2.71.